The van der Waals surface area contributed by atoms with Crippen LogP contribution in [0, 0.1) is 6.92 Å². The van der Waals surface area contributed by atoms with Crippen LogP contribution in [0.15, 0.2) is 24.3 Å². The Kier molecular flexibility index (Phi) is 6.15. The molecule has 1 N–H and O–H groups in total. The summed E-state index contributed by atoms with van der Waals surface area (Å²) in [6.45, 7) is 11.9. The van der Waals surface area contributed by atoms with Crippen molar-refractivity contribution in [3.8, 4) is 0 Å². The molecule has 122 valence electrons. The van der Waals surface area contributed by atoms with E-state index < -0.39 is 6.04 Å². The topological polar surface area (TPSA) is 49.4 Å². The van der Waals surface area contributed by atoms with E-state index in [1.807, 2.05) is 58.9 Å². The molecular formula is C18H28N2O2. The van der Waals surface area contributed by atoms with Crippen molar-refractivity contribution in [3.05, 3.63) is 35.4 Å². The van der Waals surface area contributed by atoms with Gasteiger partial charge in [-0.25, -0.2) is 0 Å². The predicted molar refractivity (Wildman–Crippen MR) is 89.4 cm³/mol. The molecule has 0 fully saturated rings. The Hall–Kier alpha value is -1.84. The molecule has 22 heavy (non-hydrogen) atoms. The summed E-state index contributed by atoms with van der Waals surface area (Å²) in [4.78, 5) is 26.3. The first-order valence-electron chi connectivity index (χ1n) is 7.81. The zero-order valence-electron chi connectivity index (χ0n) is 14.6. The maximum atomic E-state index is 12.4. The maximum Gasteiger partial charge on any atom is 0.242 e. The molecule has 1 rings (SSSR count). The first-order valence-corrected chi connectivity index (χ1v) is 7.81. The van der Waals surface area contributed by atoms with Gasteiger partial charge in [0.15, 0.2) is 0 Å². The molecule has 4 nitrogen and oxygen atoms in total. The molecule has 2 amide bonds. The Labute approximate surface area is 133 Å². The zero-order valence-corrected chi connectivity index (χ0v) is 14.6. The Morgan fingerprint density at radius 1 is 1.23 bits per heavy atom. The van der Waals surface area contributed by atoms with Crippen LogP contribution < -0.4 is 5.32 Å². The molecule has 0 aliphatic carbocycles. The van der Waals surface area contributed by atoms with Crippen LogP contribution in [0.5, 0.6) is 0 Å². The third-order valence-corrected chi connectivity index (χ3v) is 3.57. The highest BCUT2D eigenvalue weighted by Crippen LogP contribution is 2.15. The molecule has 0 saturated heterocycles. The fourth-order valence-electron chi connectivity index (χ4n) is 2.23. The minimum absolute atomic E-state index is 0.0141. The van der Waals surface area contributed by atoms with Crippen LogP contribution in [0.4, 0.5) is 0 Å². The second-order valence-electron chi connectivity index (χ2n) is 6.72. The number of aryl methyl sites for hydroxylation is 1. The summed E-state index contributed by atoms with van der Waals surface area (Å²) < 4.78 is 0. The smallest absolute Gasteiger partial charge is 0.242 e. The van der Waals surface area contributed by atoms with Gasteiger partial charge in [0.25, 0.3) is 0 Å². The molecule has 1 atom stereocenters. The maximum absolute atomic E-state index is 12.4. The highest BCUT2D eigenvalue weighted by Gasteiger charge is 2.27. The molecule has 1 aromatic rings. The van der Waals surface area contributed by atoms with E-state index in [0.29, 0.717) is 13.0 Å². The summed E-state index contributed by atoms with van der Waals surface area (Å²) in [5.74, 6) is -0.136. The van der Waals surface area contributed by atoms with E-state index in [-0.39, 0.29) is 17.4 Å². The van der Waals surface area contributed by atoms with E-state index in [1.54, 1.807) is 11.8 Å². The lowest BCUT2D eigenvalue weighted by molar-refractivity contribution is -0.141. The molecule has 1 aromatic carbocycles. The van der Waals surface area contributed by atoms with E-state index in [0.717, 1.165) is 11.1 Å². The van der Waals surface area contributed by atoms with E-state index in [4.69, 9.17) is 0 Å². The number of carbonyl (C=O) groups is 2. The van der Waals surface area contributed by atoms with Gasteiger partial charge in [-0.15, -0.1) is 0 Å². The van der Waals surface area contributed by atoms with E-state index in [1.165, 1.54) is 0 Å². The standard InChI is InChI=1S/C18H28N2O2/c1-7-16(21)20(12-15-11-9-8-10-13(15)2)14(3)17(22)19-18(4,5)6/h8-11,14H,7,12H2,1-6H3,(H,19,22)/t14-/m0/s1. The number of nitrogens with zero attached hydrogens (tertiary/aromatic N) is 1. The highest BCUT2D eigenvalue weighted by molar-refractivity contribution is 5.87. The first-order chi connectivity index (χ1) is 10.2. The molecule has 0 spiro atoms. The first kappa shape index (κ1) is 18.2. The van der Waals surface area contributed by atoms with Crippen LogP contribution in [-0.4, -0.2) is 28.3 Å². The molecule has 0 aromatic heterocycles. The Morgan fingerprint density at radius 2 is 1.82 bits per heavy atom. The Bertz CT molecular complexity index is 532. The summed E-state index contributed by atoms with van der Waals surface area (Å²) in [6, 6.07) is 7.45. The van der Waals surface area contributed by atoms with Crippen LogP contribution in [0.2, 0.25) is 0 Å². The lowest BCUT2D eigenvalue weighted by Gasteiger charge is -2.31. The van der Waals surface area contributed by atoms with Gasteiger partial charge in [0.05, 0.1) is 0 Å². The summed E-state index contributed by atoms with van der Waals surface area (Å²) in [5.41, 5.74) is 1.88. The van der Waals surface area contributed by atoms with E-state index >= 15 is 0 Å². The normalized spacial score (nSPS) is 12.6. The zero-order chi connectivity index (χ0) is 16.9. The summed E-state index contributed by atoms with van der Waals surface area (Å²) in [7, 11) is 0. The van der Waals surface area contributed by atoms with Crippen molar-refractivity contribution in [3.63, 3.8) is 0 Å². The van der Waals surface area contributed by atoms with Gasteiger partial charge in [-0.2, -0.15) is 0 Å². The average molecular weight is 304 g/mol. The SMILES string of the molecule is CCC(=O)N(Cc1ccccc1C)[C@@H](C)C(=O)NC(C)(C)C. The second-order valence-corrected chi connectivity index (χ2v) is 6.72. The van der Waals surface area contributed by atoms with Gasteiger partial charge in [0, 0.05) is 18.5 Å². The van der Waals surface area contributed by atoms with Gasteiger partial charge in [0.2, 0.25) is 11.8 Å². The van der Waals surface area contributed by atoms with Crippen LogP contribution in [-0.2, 0) is 16.1 Å². The molecule has 0 unspecified atom stereocenters. The Balaban J connectivity index is 2.96. The predicted octanol–water partition coefficient (Wildman–Crippen LogP) is 3.04. The average Bonchev–Trinajstić information content (AvgIpc) is 2.43. The van der Waals surface area contributed by atoms with Crippen molar-refractivity contribution in [1.29, 1.82) is 0 Å². The van der Waals surface area contributed by atoms with Crippen LogP contribution in [0.3, 0.4) is 0 Å². The largest absolute Gasteiger partial charge is 0.350 e. The van der Waals surface area contributed by atoms with Crippen molar-refractivity contribution in [2.45, 2.75) is 66.1 Å². The molecule has 0 radical (unpaired) electrons. The van der Waals surface area contributed by atoms with Crippen molar-refractivity contribution < 1.29 is 9.59 Å². The lowest BCUT2D eigenvalue weighted by Crippen LogP contribution is -2.52. The minimum atomic E-state index is -0.494. The lowest BCUT2D eigenvalue weighted by atomic mass is 10.1. The van der Waals surface area contributed by atoms with Crippen molar-refractivity contribution in [1.82, 2.24) is 10.2 Å². The highest BCUT2D eigenvalue weighted by atomic mass is 16.2. The van der Waals surface area contributed by atoms with E-state index in [9.17, 15) is 9.59 Å². The molecule has 0 bridgehead atoms. The number of nitrogens with one attached hydrogen (secondary N) is 1. The summed E-state index contributed by atoms with van der Waals surface area (Å²) in [5, 5.41) is 2.95. The minimum Gasteiger partial charge on any atom is -0.350 e. The number of carbonyl (C=O) groups excluding carboxylic acids is 2. The summed E-state index contributed by atoms with van der Waals surface area (Å²) in [6.07, 6.45) is 0.388. The fraction of sp³-hybridized carbons (Fsp3) is 0.556. The van der Waals surface area contributed by atoms with Crippen molar-refractivity contribution in [2.75, 3.05) is 0 Å². The van der Waals surface area contributed by atoms with Gasteiger partial charge in [-0.3, -0.25) is 9.59 Å². The fourth-order valence-corrected chi connectivity index (χ4v) is 2.23. The van der Waals surface area contributed by atoms with Gasteiger partial charge in [-0.05, 0) is 45.7 Å². The molecule has 0 aliphatic rings. The van der Waals surface area contributed by atoms with E-state index in [2.05, 4.69) is 5.32 Å². The molecule has 4 heteroatoms. The Morgan fingerprint density at radius 3 is 2.32 bits per heavy atom. The number of rotatable bonds is 5. The number of hydrogen-bond acceptors (Lipinski definition) is 2. The van der Waals surface area contributed by atoms with Gasteiger partial charge in [0.1, 0.15) is 6.04 Å². The van der Waals surface area contributed by atoms with Crippen molar-refractivity contribution in [2.24, 2.45) is 0 Å². The third-order valence-electron chi connectivity index (χ3n) is 3.57. The number of hydrogen-bond donors (Lipinski definition) is 1. The number of benzene rings is 1. The van der Waals surface area contributed by atoms with Crippen LogP contribution in [0.1, 0.15) is 52.2 Å². The monoisotopic (exact) mass is 304 g/mol. The number of amides is 2. The van der Waals surface area contributed by atoms with Gasteiger partial charge >= 0.3 is 0 Å². The van der Waals surface area contributed by atoms with Gasteiger partial charge in [-0.1, -0.05) is 31.2 Å². The summed E-state index contributed by atoms with van der Waals surface area (Å²) >= 11 is 0. The van der Waals surface area contributed by atoms with Crippen LogP contribution in [0.25, 0.3) is 0 Å². The quantitative estimate of drug-likeness (QED) is 0.909. The molecule has 0 aliphatic heterocycles. The van der Waals surface area contributed by atoms with Gasteiger partial charge < -0.3 is 10.2 Å². The molecule has 0 saturated carbocycles. The molecule has 0 heterocycles. The molecular weight excluding hydrogens is 276 g/mol. The third kappa shape index (κ3) is 5.17. The van der Waals surface area contributed by atoms with Crippen LogP contribution >= 0.6 is 0 Å². The second kappa shape index (κ2) is 7.43. The van der Waals surface area contributed by atoms with Crippen molar-refractivity contribution >= 4 is 11.8 Å².